The Balaban J connectivity index is 4.05. The van der Waals surface area contributed by atoms with E-state index in [1.54, 1.807) is 0 Å². The van der Waals surface area contributed by atoms with Crippen molar-refractivity contribution in [1.82, 2.24) is 0 Å². The molecule has 0 spiro atoms. The molecule has 0 aliphatic rings. The summed E-state index contributed by atoms with van der Waals surface area (Å²) >= 11 is 0. The summed E-state index contributed by atoms with van der Waals surface area (Å²) in [7, 11) is -2.36. The van der Waals surface area contributed by atoms with Gasteiger partial charge in [0, 0.05) is 12.3 Å². The van der Waals surface area contributed by atoms with Crippen molar-refractivity contribution in [2.75, 3.05) is 18.9 Å². The number of hydrogen-bond acceptors (Lipinski definition) is 2. The van der Waals surface area contributed by atoms with Crippen molar-refractivity contribution in [3.05, 3.63) is 11.6 Å². The lowest BCUT2D eigenvalue weighted by atomic mass is 10.3. The molecule has 0 saturated carbocycles. The lowest BCUT2D eigenvalue weighted by Crippen LogP contribution is -1.98. The second-order valence-electron chi connectivity index (χ2n) is 3.78. The molecule has 0 N–H and O–H groups in total. The maximum atomic E-state index is 12.1. The fourth-order valence-electron chi connectivity index (χ4n) is 0.970. The second kappa shape index (κ2) is 7.25. The molecule has 0 amide bonds. The molecule has 0 radical (unpaired) electrons. The maximum Gasteiger partial charge on any atom is 0.206 e. The highest BCUT2D eigenvalue weighted by molar-refractivity contribution is 7.59. The van der Waals surface area contributed by atoms with Gasteiger partial charge in [0.2, 0.25) is 7.37 Å². The Hall–Kier alpha value is -0.0700. The van der Waals surface area contributed by atoms with E-state index in [4.69, 9.17) is 4.52 Å². The highest BCUT2D eigenvalue weighted by atomic mass is 31.2. The van der Waals surface area contributed by atoms with Crippen LogP contribution in [-0.4, -0.2) is 18.9 Å². The van der Waals surface area contributed by atoms with Crippen molar-refractivity contribution in [1.29, 1.82) is 0 Å². The van der Waals surface area contributed by atoms with Crippen molar-refractivity contribution in [2.24, 2.45) is 0 Å². The van der Waals surface area contributed by atoms with Crippen LogP contribution in [0.4, 0.5) is 0 Å². The van der Waals surface area contributed by atoms with Gasteiger partial charge in [-0.25, -0.2) is 0 Å². The van der Waals surface area contributed by atoms with Gasteiger partial charge in [0.05, 0.1) is 6.61 Å². The molecule has 14 heavy (non-hydrogen) atoms. The van der Waals surface area contributed by atoms with Crippen molar-refractivity contribution >= 4 is 7.37 Å². The van der Waals surface area contributed by atoms with Gasteiger partial charge in [-0.1, -0.05) is 31.9 Å². The Morgan fingerprint density at radius 3 is 2.43 bits per heavy atom. The highest BCUT2D eigenvalue weighted by Gasteiger charge is 2.18. The summed E-state index contributed by atoms with van der Waals surface area (Å²) in [5.41, 5.74) is 1.21. The second-order valence-corrected chi connectivity index (χ2v) is 6.67. The van der Waals surface area contributed by atoms with Crippen LogP contribution in [0, 0.1) is 0 Å². The van der Waals surface area contributed by atoms with Crippen LogP contribution in [0.1, 0.15) is 40.5 Å². The Kier molecular flexibility index (Phi) is 7.22. The third-order valence-electron chi connectivity index (χ3n) is 2.08. The lowest BCUT2D eigenvalue weighted by molar-refractivity contribution is 0.308. The van der Waals surface area contributed by atoms with Crippen LogP contribution in [0.3, 0.4) is 0 Å². The summed E-state index contributed by atoms with van der Waals surface area (Å²) in [4.78, 5) is 0. The maximum absolute atomic E-state index is 12.1. The number of unbranched alkanes of at least 4 members (excludes halogenated alkanes) is 1. The molecular formula is C11H23O2P. The minimum absolute atomic E-state index is 0.593. The number of hydrogen-bond donors (Lipinski definition) is 0. The molecule has 0 bridgehead atoms. The lowest BCUT2D eigenvalue weighted by Gasteiger charge is -2.15. The minimum Gasteiger partial charge on any atom is -0.328 e. The first kappa shape index (κ1) is 13.9. The fraction of sp³-hybridized carbons (Fsp3) is 0.818. The molecule has 0 heterocycles. The van der Waals surface area contributed by atoms with Crippen LogP contribution in [0.15, 0.2) is 11.6 Å². The summed E-state index contributed by atoms with van der Waals surface area (Å²) in [6, 6.07) is 0. The molecule has 84 valence electrons. The Morgan fingerprint density at radius 2 is 2.00 bits per heavy atom. The summed E-state index contributed by atoms with van der Waals surface area (Å²) < 4.78 is 17.6. The van der Waals surface area contributed by atoms with Crippen LogP contribution in [-0.2, 0) is 9.09 Å². The van der Waals surface area contributed by atoms with E-state index in [9.17, 15) is 4.57 Å². The summed E-state index contributed by atoms with van der Waals surface area (Å²) in [5.74, 6) is 0. The van der Waals surface area contributed by atoms with Gasteiger partial charge in [0.1, 0.15) is 0 Å². The highest BCUT2D eigenvalue weighted by Crippen LogP contribution is 2.46. The van der Waals surface area contributed by atoms with Gasteiger partial charge in [-0.2, -0.15) is 0 Å². The zero-order valence-corrected chi connectivity index (χ0v) is 10.8. The van der Waals surface area contributed by atoms with Crippen molar-refractivity contribution < 1.29 is 9.09 Å². The first-order valence-corrected chi connectivity index (χ1v) is 7.39. The predicted molar refractivity (Wildman–Crippen MR) is 63.3 cm³/mol. The van der Waals surface area contributed by atoms with Crippen molar-refractivity contribution in [2.45, 2.75) is 40.5 Å². The first-order chi connectivity index (χ1) is 6.54. The normalized spacial score (nSPS) is 14.9. The zero-order chi connectivity index (χ0) is 11.0. The average molecular weight is 218 g/mol. The topological polar surface area (TPSA) is 26.3 Å². The van der Waals surface area contributed by atoms with Crippen molar-refractivity contribution in [3.8, 4) is 0 Å². The third kappa shape index (κ3) is 6.39. The zero-order valence-electron chi connectivity index (χ0n) is 9.88. The van der Waals surface area contributed by atoms with Gasteiger partial charge in [0.15, 0.2) is 0 Å². The molecule has 0 saturated heterocycles. The van der Waals surface area contributed by atoms with E-state index in [0.29, 0.717) is 18.9 Å². The van der Waals surface area contributed by atoms with Crippen LogP contribution in [0.2, 0.25) is 0 Å². The largest absolute Gasteiger partial charge is 0.328 e. The summed E-state index contributed by atoms with van der Waals surface area (Å²) in [6.07, 6.45) is 5.33. The molecule has 0 aromatic rings. The number of rotatable bonds is 7. The van der Waals surface area contributed by atoms with Gasteiger partial charge in [-0.05, 0) is 20.3 Å². The molecule has 0 aliphatic carbocycles. The molecule has 0 fully saturated rings. The van der Waals surface area contributed by atoms with Crippen LogP contribution in [0.5, 0.6) is 0 Å². The first-order valence-electron chi connectivity index (χ1n) is 5.40. The van der Waals surface area contributed by atoms with Crippen LogP contribution >= 0.6 is 7.37 Å². The SMILES string of the molecule is CCCCOP(=O)(CC)CC=C(C)C. The van der Waals surface area contributed by atoms with E-state index in [0.717, 1.165) is 12.8 Å². The molecule has 0 aromatic heterocycles. The number of allylic oxidation sites excluding steroid dienone is 2. The Bertz CT molecular complexity index is 217. The van der Waals surface area contributed by atoms with E-state index in [-0.39, 0.29) is 0 Å². The van der Waals surface area contributed by atoms with E-state index < -0.39 is 7.37 Å². The molecule has 0 rings (SSSR count). The molecular weight excluding hydrogens is 195 g/mol. The minimum atomic E-state index is -2.36. The fourth-order valence-corrected chi connectivity index (χ4v) is 2.62. The Labute approximate surface area is 88.2 Å². The third-order valence-corrected chi connectivity index (χ3v) is 4.44. The molecule has 0 aliphatic heterocycles. The molecule has 1 unspecified atom stereocenters. The summed E-state index contributed by atoms with van der Waals surface area (Å²) in [6.45, 7) is 8.72. The Morgan fingerprint density at radius 1 is 1.36 bits per heavy atom. The van der Waals surface area contributed by atoms with Gasteiger partial charge in [-0.3, -0.25) is 4.57 Å². The van der Waals surface area contributed by atoms with Crippen LogP contribution < -0.4 is 0 Å². The van der Waals surface area contributed by atoms with Gasteiger partial charge in [0.25, 0.3) is 0 Å². The monoisotopic (exact) mass is 218 g/mol. The van der Waals surface area contributed by atoms with Gasteiger partial charge in [-0.15, -0.1) is 0 Å². The standard InChI is InChI=1S/C11H23O2P/c1-5-7-9-13-14(12,6-2)10-8-11(3)4/h8H,5-7,9-10H2,1-4H3. The van der Waals surface area contributed by atoms with E-state index in [2.05, 4.69) is 6.92 Å². The summed E-state index contributed by atoms with van der Waals surface area (Å²) in [5, 5.41) is 0. The smallest absolute Gasteiger partial charge is 0.206 e. The quantitative estimate of drug-likeness (QED) is 0.366. The molecule has 0 aromatic carbocycles. The van der Waals surface area contributed by atoms with Gasteiger partial charge >= 0.3 is 0 Å². The van der Waals surface area contributed by atoms with Crippen LogP contribution in [0.25, 0.3) is 0 Å². The predicted octanol–water partition coefficient (Wildman–Crippen LogP) is 4.07. The van der Waals surface area contributed by atoms with E-state index >= 15 is 0 Å². The van der Waals surface area contributed by atoms with E-state index in [1.807, 2.05) is 26.8 Å². The molecule has 2 nitrogen and oxygen atoms in total. The van der Waals surface area contributed by atoms with E-state index in [1.165, 1.54) is 5.57 Å². The molecule has 1 atom stereocenters. The van der Waals surface area contributed by atoms with Crippen molar-refractivity contribution in [3.63, 3.8) is 0 Å². The average Bonchev–Trinajstić information content (AvgIpc) is 2.15. The van der Waals surface area contributed by atoms with Gasteiger partial charge < -0.3 is 4.52 Å². The molecule has 3 heteroatoms.